The summed E-state index contributed by atoms with van der Waals surface area (Å²) in [4.78, 5) is 55.6. The number of halogens is 3. The van der Waals surface area contributed by atoms with Crippen molar-refractivity contribution < 1.29 is 27.6 Å². The maximum absolute atomic E-state index is 13.1. The zero-order valence-corrected chi connectivity index (χ0v) is 29.7. The zero-order chi connectivity index (χ0) is 37.6. The first-order valence-electron chi connectivity index (χ1n) is 18.2. The third-order valence-electron chi connectivity index (χ3n) is 10.9. The van der Waals surface area contributed by atoms with Gasteiger partial charge in [-0.15, -0.1) is 0 Å². The lowest BCUT2D eigenvalue weighted by Gasteiger charge is -2.40. The van der Waals surface area contributed by atoms with Crippen LogP contribution in [0.15, 0.2) is 61.2 Å². The molecule has 0 aromatic carbocycles. The van der Waals surface area contributed by atoms with Crippen LogP contribution in [0.1, 0.15) is 67.2 Å². The van der Waals surface area contributed by atoms with Gasteiger partial charge in [-0.05, 0) is 81.8 Å². The zero-order valence-electron chi connectivity index (χ0n) is 29.7. The van der Waals surface area contributed by atoms with Gasteiger partial charge in [0.1, 0.15) is 28.5 Å². The van der Waals surface area contributed by atoms with Gasteiger partial charge >= 0.3 is 12.2 Å². The van der Waals surface area contributed by atoms with Crippen LogP contribution in [-0.2, 0) is 11.0 Å². The molecule has 54 heavy (non-hydrogen) atoms. The highest BCUT2D eigenvalue weighted by molar-refractivity contribution is 6.05. The van der Waals surface area contributed by atoms with Crippen molar-refractivity contribution in [3.05, 3.63) is 72.6 Å². The topological polar surface area (TPSA) is 146 Å². The second-order valence-corrected chi connectivity index (χ2v) is 14.4. The number of carbonyl (C=O) groups is 3. The molecule has 8 rings (SSSR count). The number of alkyl halides is 3. The average Bonchev–Trinajstić information content (AvgIpc) is 3.79. The number of carbonyl (C=O) groups excluding carboxylic acids is 3. The number of fused-ring (bicyclic) bond motifs is 2. The summed E-state index contributed by atoms with van der Waals surface area (Å²) in [6.07, 6.45) is 8.92. The molecule has 3 fully saturated rings. The van der Waals surface area contributed by atoms with E-state index in [1.807, 2.05) is 27.5 Å². The van der Waals surface area contributed by atoms with Gasteiger partial charge in [-0.1, -0.05) is 6.07 Å². The number of imide groups is 1. The van der Waals surface area contributed by atoms with E-state index in [4.69, 9.17) is 5.10 Å². The molecule has 7 heterocycles. The highest BCUT2D eigenvalue weighted by Crippen LogP contribution is 2.35. The molecule has 4 amide bonds. The number of anilines is 3. The van der Waals surface area contributed by atoms with Gasteiger partial charge in [0.05, 0.1) is 24.1 Å². The molecular weight excluding hydrogens is 703 g/mol. The molecule has 1 aliphatic carbocycles. The van der Waals surface area contributed by atoms with Crippen LogP contribution in [0.5, 0.6) is 0 Å². The van der Waals surface area contributed by atoms with Crippen LogP contribution in [0.4, 0.5) is 35.3 Å². The summed E-state index contributed by atoms with van der Waals surface area (Å²) < 4.78 is 43.1. The Hall–Kier alpha value is -5.58. The SMILES string of the molecule is CN(CC1CCC(n2cc3cc(NC(=O)c4cccc(C(F)(F)F)n4)ncc3n2)CC1)C1CCN(c2cccn3c(N4CCC(=O)NC4=O)cnc23)CC1. The second kappa shape index (κ2) is 14.3. The van der Waals surface area contributed by atoms with E-state index in [0.717, 1.165) is 87.0 Å². The molecule has 14 nitrogen and oxygen atoms in total. The maximum atomic E-state index is 13.1. The van der Waals surface area contributed by atoms with Crippen molar-refractivity contribution in [3.63, 3.8) is 0 Å². The summed E-state index contributed by atoms with van der Waals surface area (Å²) in [5.41, 5.74) is 1.02. The number of hydrogen-bond acceptors (Lipinski definition) is 9. The molecule has 2 aliphatic heterocycles. The monoisotopic (exact) mass is 743 g/mol. The van der Waals surface area contributed by atoms with Crippen molar-refractivity contribution in [2.24, 2.45) is 5.92 Å². The molecule has 3 aliphatic rings. The number of hydrogen-bond donors (Lipinski definition) is 2. The molecule has 0 radical (unpaired) electrons. The van der Waals surface area contributed by atoms with Gasteiger partial charge in [-0.25, -0.2) is 19.7 Å². The molecule has 282 valence electrons. The van der Waals surface area contributed by atoms with E-state index in [-0.39, 0.29) is 29.9 Å². The number of pyridine rings is 3. The van der Waals surface area contributed by atoms with Gasteiger partial charge in [0.25, 0.3) is 5.91 Å². The normalized spacial score (nSPS) is 20.2. The van der Waals surface area contributed by atoms with Gasteiger partial charge in [0.15, 0.2) is 5.65 Å². The van der Waals surface area contributed by atoms with Crippen molar-refractivity contribution >= 4 is 51.7 Å². The predicted molar refractivity (Wildman–Crippen MR) is 194 cm³/mol. The van der Waals surface area contributed by atoms with Crippen LogP contribution in [0, 0.1) is 5.92 Å². The summed E-state index contributed by atoms with van der Waals surface area (Å²) in [5, 5.41) is 10.5. The number of imidazole rings is 1. The van der Waals surface area contributed by atoms with Crippen LogP contribution in [0.2, 0.25) is 0 Å². The van der Waals surface area contributed by atoms with Crippen molar-refractivity contribution in [3.8, 4) is 0 Å². The Morgan fingerprint density at radius 2 is 1.80 bits per heavy atom. The summed E-state index contributed by atoms with van der Waals surface area (Å²) in [6.45, 7) is 3.15. The minimum atomic E-state index is -4.65. The summed E-state index contributed by atoms with van der Waals surface area (Å²) in [6, 6.07) is 9.21. The van der Waals surface area contributed by atoms with Gasteiger partial charge in [0, 0.05) is 56.4 Å². The lowest BCUT2D eigenvalue weighted by molar-refractivity contribution is -0.141. The maximum Gasteiger partial charge on any atom is 0.433 e. The molecule has 0 bridgehead atoms. The highest BCUT2D eigenvalue weighted by atomic mass is 19.4. The third kappa shape index (κ3) is 7.19. The molecule has 1 saturated carbocycles. The fourth-order valence-corrected chi connectivity index (χ4v) is 8.01. The van der Waals surface area contributed by atoms with E-state index in [9.17, 15) is 27.6 Å². The van der Waals surface area contributed by atoms with Crippen LogP contribution >= 0.6 is 0 Å². The number of piperidine rings is 1. The summed E-state index contributed by atoms with van der Waals surface area (Å²) in [5.74, 6) is 0.395. The molecule has 2 saturated heterocycles. The van der Waals surface area contributed by atoms with Crippen molar-refractivity contribution in [2.75, 3.05) is 48.3 Å². The number of rotatable bonds is 8. The van der Waals surface area contributed by atoms with E-state index in [1.165, 1.54) is 6.07 Å². The number of nitrogens with zero attached hydrogens (tertiary/aromatic N) is 9. The summed E-state index contributed by atoms with van der Waals surface area (Å²) >= 11 is 0. The van der Waals surface area contributed by atoms with Crippen molar-refractivity contribution in [2.45, 2.75) is 63.2 Å². The lowest BCUT2D eigenvalue weighted by atomic mass is 9.85. The van der Waals surface area contributed by atoms with E-state index < -0.39 is 23.8 Å². The number of amides is 4. The number of aromatic nitrogens is 6. The smallest absolute Gasteiger partial charge is 0.368 e. The standard InChI is InChI=1S/C37H40F3N11O3/c1-47(25-11-15-48(16-12-25)29-5-3-14-49-33(20-42-34(29)49)50-17-13-32(52)45-36(50)54)21-23-7-9-26(10-8-23)51-22-24-18-31(41-19-28(24)46-51)44-35(53)27-4-2-6-30(43-27)37(38,39)40/h2-6,14,18-20,22-23,25-26H,7-13,15-17,21H2,1H3,(H,44,53)(H,45,52,54). The van der Waals surface area contributed by atoms with Crippen LogP contribution in [0.3, 0.4) is 0 Å². The first kappa shape index (κ1) is 35.4. The average molecular weight is 744 g/mol. The Morgan fingerprint density at radius 1 is 1.00 bits per heavy atom. The minimum absolute atomic E-state index is 0.208. The Balaban J connectivity index is 0.827. The molecule has 0 atom stereocenters. The first-order chi connectivity index (χ1) is 26.0. The molecule has 5 aromatic heterocycles. The van der Waals surface area contributed by atoms with Crippen LogP contribution < -0.4 is 20.4 Å². The molecule has 2 N–H and O–H groups in total. The van der Waals surface area contributed by atoms with Crippen LogP contribution in [0.25, 0.3) is 16.6 Å². The largest absolute Gasteiger partial charge is 0.433 e. The van der Waals surface area contributed by atoms with E-state index in [0.29, 0.717) is 29.8 Å². The quantitative estimate of drug-likeness (QED) is 0.210. The van der Waals surface area contributed by atoms with Crippen molar-refractivity contribution in [1.82, 2.24) is 39.3 Å². The van der Waals surface area contributed by atoms with Gasteiger partial charge in [-0.3, -0.25) is 28.9 Å². The van der Waals surface area contributed by atoms with Crippen molar-refractivity contribution in [1.29, 1.82) is 0 Å². The molecule has 17 heteroatoms. The highest BCUT2D eigenvalue weighted by Gasteiger charge is 2.33. The van der Waals surface area contributed by atoms with Gasteiger partial charge < -0.3 is 15.1 Å². The second-order valence-electron chi connectivity index (χ2n) is 14.4. The van der Waals surface area contributed by atoms with E-state index >= 15 is 0 Å². The Morgan fingerprint density at radius 3 is 2.56 bits per heavy atom. The minimum Gasteiger partial charge on any atom is -0.368 e. The fourth-order valence-electron chi connectivity index (χ4n) is 8.01. The van der Waals surface area contributed by atoms with E-state index in [2.05, 4.69) is 48.5 Å². The third-order valence-corrected chi connectivity index (χ3v) is 10.9. The Bertz CT molecular complexity index is 2200. The van der Waals surface area contributed by atoms with E-state index in [1.54, 1.807) is 23.4 Å². The molecule has 0 unspecified atom stereocenters. The van der Waals surface area contributed by atoms with Gasteiger partial charge in [0.2, 0.25) is 5.91 Å². The molecule has 0 spiro atoms. The lowest BCUT2D eigenvalue weighted by Crippen LogP contribution is -2.50. The Labute approximate surface area is 308 Å². The van der Waals surface area contributed by atoms with Gasteiger partial charge in [-0.2, -0.15) is 18.3 Å². The molecule has 5 aromatic rings. The number of urea groups is 1. The first-order valence-corrected chi connectivity index (χ1v) is 18.2. The number of nitrogens with one attached hydrogen (secondary N) is 2. The van der Waals surface area contributed by atoms with Crippen LogP contribution in [-0.4, -0.2) is 91.1 Å². The summed E-state index contributed by atoms with van der Waals surface area (Å²) in [7, 11) is 2.23. The fraction of sp³-hybridized carbons (Fsp3) is 0.432. The molecular formula is C37H40F3N11O3. The predicted octanol–water partition coefficient (Wildman–Crippen LogP) is 5.52. The Kier molecular flexibility index (Phi) is 9.41.